The summed E-state index contributed by atoms with van der Waals surface area (Å²) in [5.41, 5.74) is 11.2. The maximum atomic E-state index is 6.69. The van der Waals surface area contributed by atoms with E-state index in [2.05, 4.69) is 30.3 Å². The summed E-state index contributed by atoms with van der Waals surface area (Å²) >= 11 is 0. The maximum Gasteiger partial charge on any atom is 0.0952 e. The van der Waals surface area contributed by atoms with Crippen molar-refractivity contribution in [1.82, 2.24) is 0 Å². The van der Waals surface area contributed by atoms with E-state index in [0.717, 1.165) is 16.7 Å². The Morgan fingerprint density at radius 3 is 1.35 bits per heavy atom. The monoisotopic (exact) mass is 536 g/mol. The molecule has 0 saturated carbocycles. The van der Waals surface area contributed by atoms with Crippen molar-refractivity contribution in [3.63, 3.8) is 0 Å². The fraction of sp³-hybridized carbons (Fsp3) is 0.200. The van der Waals surface area contributed by atoms with Crippen molar-refractivity contribution in [2.75, 3.05) is 0 Å². The van der Waals surface area contributed by atoms with Crippen LogP contribution in [0.5, 0.6) is 0 Å². The van der Waals surface area contributed by atoms with Gasteiger partial charge >= 0.3 is 0 Å². The van der Waals surface area contributed by atoms with E-state index in [9.17, 15) is 0 Å². The van der Waals surface area contributed by atoms with Gasteiger partial charge in [-0.25, -0.2) is 0 Å². The van der Waals surface area contributed by atoms with Crippen molar-refractivity contribution in [3.05, 3.63) is 108 Å². The fourth-order valence-corrected chi connectivity index (χ4v) is 3.91. The van der Waals surface area contributed by atoms with E-state index >= 15 is 0 Å². The van der Waals surface area contributed by atoms with E-state index in [4.69, 9.17) is 23.3 Å². The van der Waals surface area contributed by atoms with Gasteiger partial charge in [-0.05, 0) is 16.7 Å². The van der Waals surface area contributed by atoms with Gasteiger partial charge in [-0.1, -0.05) is 91.0 Å². The van der Waals surface area contributed by atoms with E-state index < -0.39 is 12.0 Å². The average Bonchev–Trinajstić information content (AvgIpc) is 3.01. The molecule has 0 aliphatic carbocycles. The molecule has 0 aliphatic heterocycles. The lowest BCUT2D eigenvalue weighted by atomic mass is 9.87. The summed E-state index contributed by atoms with van der Waals surface area (Å²) in [5, 5.41) is 11.9. The second-order valence-corrected chi connectivity index (χ2v) is 8.93. The highest BCUT2D eigenvalue weighted by molar-refractivity contribution is 6.39. The van der Waals surface area contributed by atoms with Gasteiger partial charge in [0.05, 0.1) is 42.8 Å². The first kappa shape index (κ1) is 29.6. The van der Waals surface area contributed by atoms with Crippen molar-refractivity contribution >= 4 is 35.8 Å². The molecule has 206 valence electrons. The van der Waals surface area contributed by atoms with E-state index in [1.807, 2.05) is 91.0 Å². The van der Waals surface area contributed by atoms with Gasteiger partial charge in [0.15, 0.2) is 0 Å². The van der Waals surface area contributed by atoms with Crippen molar-refractivity contribution in [2.24, 2.45) is 59.5 Å². The highest BCUT2D eigenvalue weighted by atomic mass is 15.1. The Hall–Kier alpha value is -4.96. The van der Waals surface area contributed by atoms with E-state index in [-0.39, 0.29) is 6.42 Å². The Labute approximate surface area is 235 Å². The molecule has 8 N–H and O–H groups in total. The molecule has 10 heteroatoms. The van der Waals surface area contributed by atoms with Gasteiger partial charge < -0.3 is 23.3 Å². The Morgan fingerprint density at radius 1 is 0.550 bits per heavy atom. The molecule has 40 heavy (non-hydrogen) atoms. The fourth-order valence-electron chi connectivity index (χ4n) is 3.91. The Morgan fingerprint density at radius 2 is 0.950 bits per heavy atom. The summed E-state index contributed by atoms with van der Waals surface area (Å²) in [7, 11) is 0. The van der Waals surface area contributed by atoms with Crippen LogP contribution in [0.4, 0.5) is 0 Å². The van der Waals surface area contributed by atoms with Crippen molar-refractivity contribution < 1.29 is 0 Å². The van der Waals surface area contributed by atoms with Gasteiger partial charge in [0, 0.05) is 31.0 Å². The third kappa shape index (κ3) is 9.73. The van der Waals surface area contributed by atoms with Crippen LogP contribution >= 0.6 is 0 Å². The molecule has 3 rings (SSSR count). The molecule has 2 unspecified atom stereocenters. The lowest BCUT2D eigenvalue weighted by molar-refractivity contribution is 0.664. The lowest BCUT2D eigenvalue weighted by Gasteiger charge is -2.23. The van der Waals surface area contributed by atoms with Crippen molar-refractivity contribution in [3.8, 4) is 0 Å². The summed E-state index contributed by atoms with van der Waals surface area (Å²) in [5.74, 6) is 16.8. The van der Waals surface area contributed by atoms with Crippen LogP contribution in [0.3, 0.4) is 0 Å². The molecule has 0 heterocycles. The second-order valence-electron chi connectivity index (χ2n) is 8.93. The number of nitrogens with zero attached hydrogens (tertiary/aromatic N) is 6. The molecule has 2 atom stereocenters. The number of aliphatic imine (C=N–C) groups is 3. The van der Waals surface area contributed by atoms with E-state index in [0.29, 0.717) is 36.8 Å². The molecular formula is C30H36N10. The molecule has 0 amide bonds. The zero-order chi connectivity index (χ0) is 28.4. The first-order valence-corrected chi connectivity index (χ1v) is 12.8. The van der Waals surface area contributed by atoms with Gasteiger partial charge in [0.2, 0.25) is 0 Å². The molecule has 0 aromatic heterocycles. The standard InChI is InChI=1S/C30H36N10/c31-30(29(40-34)22-37-19-25-14-8-3-9-15-25)27(28(39-33)21-36-18-24-12-6-2-7-13-24)16-26(38-32)20-35-17-23-10-4-1-5-11-23/h1-15,20-22,27,30H,16-19,31-34H2. The highest BCUT2D eigenvalue weighted by Crippen LogP contribution is 2.13. The van der Waals surface area contributed by atoms with Gasteiger partial charge in [-0.15, -0.1) is 0 Å². The topological polar surface area (TPSA) is 178 Å². The average molecular weight is 537 g/mol. The minimum absolute atomic E-state index is 0.273. The summed E-state index contributed by atoms with van der Waals surface area (Å²) < 4.78 is 0. The predicted octanol–water partition coefficient (Wildman–Crippen LogP) is 3.08. The zero-order valence-electron chi connectivity index (χ0n) is 22.4. The summed E-state index contributed by atoms with van der Waals surface area (Å²) in [6.07, 6.45) is 5.09. The molecule has 0 aliphatic rings. The zero-order valence-corrected chi connectivity index (χ0v) is 22.4. The minimum Gasteiger partial charge on any atom is -0.323 e. The molecule has 0 radical (unpaired) electrons. The van der Waals surface area contributed by atoms with Crippen LogP contribution in [0.25, 0.3) is 0 Å². The van der Waals surface area contributed by atoms with Crippen LogP contribution in [-0.4, -0.2) is 41.8 Å². The van der Waals surface area contributed by atoms with Gasteiger partial charge in [-0.2, -0.15) is 15.3 Å². The Bertz CT molecular complexity index is 1330. The van der Waals surface area contributed by atoms with Crippen LogP contribution < -0.4 is 23.3 Å². The predicted molar refractivity (Wildman–Crippen MR) is 167 cm³/mol. The molecule has 3 aromatic rings. The Balaban J connectivity index is 1.81. The smallest absolute Gasteiger partial charge is 0.0952 e. The number of rotatable bonds is 14. The largest absolute Gasteiger partial charge is 0.323 e. The number of nitrogens with two attached hydrogens (primary N) is 4. The summed E-state index contributed by atoms with van der Waals surface area (Å²) in [4.78, 5) is 13.5. The van der Waals surface area contributed by atoms with Crippen LogP contribution in [-0.2, 0) is 19.6 Å². The van der Waals surface area contributed by atoms with Gasteiger partial charge in [-0.3, -0.25) is 15.0 Å². The van der Waals surface area contributed by atoms with Crippen LogP contribution in [0.2, 0.25) is 0 Å². The summed E-state index contributed by atoms with van der Waals surface area (Å²) in [6.45, 7) is 1.39. The van der Waals surface area contributed by atoms with E-state index in [1.54, 1.807) is 18.6 Å². The van der Waals surface area contributed by atoms with Crippen molar-refractivity contribution in [2.45, 2.75) is 32.1 Å². The molecule has 3 aromatic carbocycles. The summed E-state index contributed by atoms with van der Waals surface area (Å²) in [6, 6.07) is 28.8. The lowest BCUT2D eigenvalue weighted by Crippen LogP contribution is -2.45. The first-order valence-electron chi connectivity index (χ1n) is 12.8. The molecule has 0 bridgehead atoms. The van der Waals surface area contributed by atoms with Crippen molar-refractivity contribution in [1.29, 1.82) is 0 Å². The number of benzene rings is 3. The van der Waals surface area contributed by atoms with Crippen LogP contribution in [0, 0.1) is 5.92 Å². The minimum atomic E-state index is -0.728. The molecule has 0 fully saturated rings. The first-order chi connectivity index (χ1) is 19.6. The van der Waals surface area contributed by atoms with Gasteiger partial charge in [0.25, 0.3) is 0 Å². The van der Waals surface area contributed by atoms with E-state index in [1.165, 1.54) is 0 Å². The third-order valence-corrected chi connectivity index (χ3v) is 6.09. The SMILES string of the molecule is NN=C(C=NCc1ccccc1)CC(C(C=NCc1ccccc1)=NN)C(N)C(C=NCc1ccccc1)=NN. The Kier molecular flexibility index (Phi) is 12.4. The van der Waals surface area contributed by atoms with Gasteiger partial charge in [0.1, 0.15) is 0 Å². The number of hydrogen-bond donors (Lipinski definition) is 4. The number of hydrazone groups is 3. The third-order valence-electron chi connectivity index (χ3n) is 6.09. The normalized spacial score (nSPS) is 14.8. The maximum absolute atomic E-state index is 6.69. The number of hydrogen-bond acceptors (Lipinski definition) is 10. The second kappa shape index (κ2) is 16.8. The molecule has 0 spiro atoms. The molecule has 10 nitrogen and oxygen atoms in total. The van der Waals surface area contributed by atoms with Crippen LogP contribution in [0.1, 0.15) is 23.1 Å². The van der Waals surface area contributed by atoms with Crippen LogP contribution in [0.15, 0.2) is 121 Å². The molecular weight excluding hydrogens is 500 g/mol. The molecule has 0 saturated heterocycles. The highest BCUT2D eigenvalue weighted by Gasteiger charge is 2.28. The quantitative estimate of drug-likeness (QED) is 0.141.